The Hall–Kier alpha value is -2.75. The van der Waals surface area contributed by atoms with Gasteiger partial charge in [0.15, 0.2) is 0 Å². The third-order valence-corrected chi connectivity index (χ3v) is 3.24. The van der Waals surface area contributed by atoms with Gasteiger partial charge in [-0.2, -0.15) is 0 Å². The van der Waals surface area contributed by atoms with Crippen LogP contribution in [0.5, 0.6) is 5.75 Å². The van der Waals surface area contributed by atoms with Crippen LogP contribution >= 0.6 is 0 Å². The minimum absolute atomic E-state index is 0.704. The van der Waals surface area contributed by atoms with E-state index < -0.39 is 0 Å². The fourth-order valence-electron chi connectivity index (χ4n) is 2.19. The number of ether oxygens (including phenoxy) is 1. The van der Waals surface area contributed by atoms with E-state index >= 15 is 0 Å². The van der Waals surface area contributed by atoms with Gasteiger partial charge in [0.2, 0.25) is 0 Å². The molecule has 0 unspecified atom stereocenters. The van der Waals surface area contributed by atoms with Crippen LogP contribution in [0.15, 0.2) is 54.9 Å². The molecule has 0 aliphatic carbocycles. The number of para-hydroxylation sites is 2. The summed E-state index contributed by atoms with van der Waals surface area (Å²) in [4.78, 5) is 4.10. The van der Waals surface area contributed by atoms with E-state index in [1.165, 1.54) is 0 Å². The Morgan fingerprint density at radius 3 is 2.75 bits per heavy atom. The molecule has 20 heavy (non-hydrogen) atoms. The molecule has 100 valence electrons. The zero-order valence-corrected chi connectivity index (χ0v) is 11.1. The van der Waals surface area contributed by atoms with Crippen molar-refractivity contribution in [3.8, 4) is 5.75 Å². The summed E-state index contributed by atoms with van der Waals surface area (Å²) in [5, 5.41) is 5.32. The van der Waals surface area contributed by atoms with Crippen LogP contribution < -0.4 is 15.8 Å². The van der Waals surface area contributed by atoms with Gasteiger partial charge in [-0.25, -0.2) is 0 Å². The second kappa shape index (κ2) is 5.09. The van der Waals surface area contributed by atoms with E-state index in [1.807, 2.05) is 42.5 Å². The standard InChI is InChI=1S/C16H15N3O/c1-20-15-5-3-2-4-13(15)19-14-7-6-11-10-18-9-8-12(11)16(14)17/h2-10,19H,17H2,1H3. The summed E-state index contributed by atoms with van der Waals surface area (Å²) >= 11 is 0. The van der Waals surface area contributed by atoms with Gasteiger partial charge in [0.05, 0.1) is 24.2 Å². The van der Waals surface area contributed by atoms with Crippen molar-refractivity contribution in [3.63, 3.8) is 0 Å². The Morgan fingerprint density at radius 2 is 1.90 bits per heavy atom. The summed E-state index contributed by atoms with van der Waals surface area (Å²) < 4.78 is 5.33. The van der Waals surface area contributed by atoms with Gasteiger partial charge in [0, 0.05) is 23.2 Å². The van der Waals surface area contributed by atoms with Crippen LogP contribution in [0.4, 0.5) is 17.1 Å². The molecule has 0 fully saturated rings. The number of hydrogen-bond acceptors (Lipinski definition) is 4. The van der Waals surface area contributed by atoms with Crippen molar-refractivity contribution in [1.82, 2.24) is 4.98 Å². The molecular formula is C16H15N3O. The van der Waals surface area contributed by atoms with Gasteiger partial charge in [-0.3, -0.25) is 4.98 Å². The van der Waals surface area contributed by atoms with Gasteiger partial charge in [0.1, 0.15) is 5.75 Å². The third-order valence-electron chi connectivity index (χ3n) is 3.24. The van der Waals surface area contributed by atoms with Crippen LogP contribution in [0.1, 0.15) is 0 Å². The van der Waals surface area contributed by atoms with Gasteiger partial charge in [-0.15, -0.1) is 0 Å². The molecule has 3 rings (SSSR count). The molecule has 3 N–H and O–H groups in total. The van der Waals surface area contributed by atoms with E-state index in [4.69, 9.17) is 10.5 Å². The van der Waals surface area contributed by atoms with Crippen LogP contribution in [-0.4, -0.2) is 12.1 Å². The monoisotopic (exact) mass is 265 g/mol. The van der Waals surface area contributed by atoms with Crippen molar-refractivity contribution >= 4 is 27.8 Å². The van der Waals surface area contributed by atoms with Crippen LogP contribution in [0.3, 0.4) is 0 Å². The lowest BCUT2D eigenvalue weighted by Crippen LogP contribution is -1.99. The van der Waals surface area contributed by atoms with E-state index in [9.17, 15) is 0 Å². The Morgan fingerprint density at radius 1 is 1.05 bits per heavy atom. The molecule has 0 saturated heterocycles. The first-order valence-electron chi connectivity index (χ1n) is 6.32. The van der Waals surface area contributed by atoms with Gasteiger partial charge in [-0.05, 0) is 24.3 Å². The summed E-state index contributed by atoms with van der Waals surface area (Å²) in [6, 6.07) is 13.6. The molecule has 1 heterocycles. The molecular weight excluding hydrogens is 250 g/mol. The molecule has 0 aliphatic rings. The van der Waals surface area contributed by atoms with Gasteiger partial charge in [0.25, 0.3) is 0 Å². The van der Waals surface area contributed by atoms with Crippen LogP contribution in [0, 0.1) is 0 Å². The van der Waals surface area contributed by atoms with Crippen LogP contribution in [-0.2, 0) is 0 Å². The number of aromatic nitrogens is 1. The van der Waals surface area contributed by atoms with Crippen molar-refractivity contribution in [1.29, 1.82) is 0 Å². The van der Waals surface area contributed by atoms with Crippen LogP contribution in [0.2, 0.25) is 0 Å². The first kappa shape index (κ1) is 12.3. The van der Waals surface area contributed by atoms with E-state index in [0.29, 0.717) is 5.69 Å². The quantitative estimate of drug-likeness (QED) is 0.711. The molecule has 4 nitrogen and oxygen atoms in total. The smallest absolute Gasteiger partial charge is 0.142 e. The molecule has 2 aromatic carbocycles. The number of pyridine rings is 1. The average molecular weight is 265 g/mol. The maximum Gasteiger partial charge on any atom is 0.142 e. The predicted molar refractivity (Wildman–Crippen MR) is 82.4 cm³/mol. The molecule has 3 aromatic rings. The highest BCUT2D eigenvalue weighted by atomic mass is 16.5. The third kappa shape index (κ3) is 2.12. The summed E-state index contributed by atoms with van der Waals surface area (Å²) in [6.45, 7) is 0. The maximum absolute atomic E-state index is 6.23. The Bertz CT molecular complexity index is 756. The van der Waals surface area contributed by atoms with Crippen molar-refractivity contribution in [2.75, 3.05) is 18.2 Å². The molecule has 0 aliphatic heterocycles. The van der Waals surface area contributed by atoms with Crippen molar-refractivity contribution in [2.24, 2.45) is 0 Å². The lowest BCUT2D eigenvalue weighted by Gasteiger charge is -2.14. The molecule has 0 radical (unpaired) electrons. The van der Waals surface area contributed by atoms with E-state index in [2.05, 4.69) is 10.3 Å². The number of nitrogen functional groups attached to an aromatic ring is 1. The molecule has 0 saturated carbocycles. The number of anilines is 3. The number of rotatable bonds is 3. The summed E-state index contributed by atoms with van der Waals surface area (Å²) in [5.41, 5.74) is 8.67. The lowest BCUT2D eigenvalue weighted by molar-refractivity contribution is 0.417. The summed E-state index contributed by atoms with van der Waals surface area (Å²) in [5.74, 6) is 0.779. The lowest BCUT2D eigenvalue weighted by atomic mass is 10.1. The molecule has 0 atom stereocenters. The topological polar surface area (TPSA) is 60.2 Å². The SMILES string of the molecule is COc1ccccc1Nc1ccc2cnccc2c1N. The highest BCUT2D eigenvalue weighted by Gasteiger charge is 2.07. The highest BCUT2D eigenvalue weighted by Crippen LogP contribution is 2.33. The number of nitrogens with two attached hydrogens (primary N) is 1. The summed E-state index contributed by atoms with van der Waals surface area (Å²) in [6.07, 6.45) is 3.55. The minimum atomic E-state index is 0.704. The highest BCUT2D eigenvalue weighted by molar-refractivity contribution is 5.99. The second-order valence-corrected chi connectivity index (χ2v) is 4.45. The molecule has 0 amide bonds. The molecule has 1 aromatic heterocycles. The number of hydrogen-bond donors (Lipinski definition) is 2. The maximum atomic E-state index is 6.23. The van der Waals surface area contributed by atoms with Crippen LogP contribution in [0.25, 0.3) is 10.8 Å². The Labute approximate surface area is 117 Å². The number of nitrogens with one attached hydrogen (secondary N) is 1. The van der Waals surface area contributed by atoms with Gasteiger partial charge >= 0.3 is 0 Å². The Balaban J connectivity index is 2.05. The first-order chi connectivity index (χ1) is 9.79. The second-order valence-electron chi connectivity index (χ2n) is 4.45. The predicted octanol–water partition coefficient (Wildman–Crippen LogP) is 3.57. The largest absolute Gasteiger partial charge is 0.495 e. The normalized spacial score (nSPS) is 10.4. The molecule has 4 heteroatoms. The van der Waals surface area contributed by atoms with E-state index in [-0.39, 0.29) is 0 Å². The minimum Gasteiger partial charge on any atom is -0.495 e. The number of nitrogens with zero attached hydrogens (tertiary/aromatic N) is 1. The van der Waals surface area contributed by atoms with E-state index in [1.54, 1.807) is 19.5 Å². The number of fused-ring (bicyclic) bond motifs is 1. The Kier molecular flexibility index (Phi) is 3.13. The first-order valence-corrected chi connectivity index (χ1v) is 6.32. The van der Waals surface area contributed by atoms with Gasteiger partial charge in [-0.1, -0.05) is 18.2 Å². The number of benzene rings is 2. The molecule has 0 bridgehead atoms. The molecule has 0 spiro atoms. The average Bonchev–Trinajstić information content (AvgIpc) is 2.51. The van der Waals surface area contributed by atoms with Crippen molar-refractivity contribution < 1.29 is 4.74 Å². The fraction of sp³-hybridized carbons (Fsp3) is 0.0625. The zero-order chi connectivity index (χ0) is 13.9. The zero-order valence-electron chi connectivity index (χ0n) is 11.1. The van der Waals surface area contributed by atoms with Crippen molar-refractivity contribution in [3.05, 3.63) is 54.9 Å². The van der Waals surface area contributed by atoms with Crippen molar-refractivity contribution in [2.45, 2.75) is 0 Å². The number of methoxy groups -OCH3 is 1. The van der Waals surface area contributed by atoms with Gasteiger partial charge < -0.3 is 15.8 Å². The van der Waals surface area contributed by atoms with E-state index in [0.717, 1.165) is 27.9 Å². The fourth-order valence-corrected chi connectivity index (χ4v) is 2.19. The summed E-state index contributed by atoms with van der Waals surface area (Å²) in [7, 11) is 1.65.